The van der Waals surface area contributed by atoms with Gasteiger partial charge in [-0.3, -0.25) is 4.79 Å². The zero-order valence-corrected chi connectivity index (χ0v) is 16.2. The molecule has 0 radical (unpaired) electrons. The molecule has 0 spiro atoms. The van der Waals surface area contributed by atoms with Crippen LogP contribution < -0.4 is 15.4 Å². The predicted octanol–water partition coefficient (Wildman–Crippen LogP) is 3.38. The number of alkyl halides is 2. The van der Waals surface area contributed by atoms with Crippen LogP contribution in [0.1, 0.15) is 43.7 Å². The van der Waals surface area contributed by atoms with E-state index in [0.29, 0.717) is 31.0 Å². The van der Waals surface area contributed by atoms with Gasteiger partial charge in [-0.1, -0.05) is 24.1 Å². The highest BCUT2D eigenvalue weighted by Crippen LogP contribution is 2.22. The number of halogens is 2. The number of carbonyl (C=O) groups excluding carboxylic acids is 1. The summed E-state index contributed by atoms with van der Waals surface area (Å²) in [6.07, 6.45) is 2.97. The van der Waals surface area contributed by atoms with Crippen molar-refractivity contribution < 1.29 is 23.0 Å². The zero-order chi connectivity index (χ0) is 20.1. The lowest BCUT2D eigenvalue weighted by molar-refractivity contribution is -0.140. The molecule has 0 aliphatic rings. The Morgan fingerprint density at radius 2 is 2.00 bits per heavy atom. The second kappa shape index (κ2) is 12.9. The highest BCUT2D eigenvalue weighted by Gasteiger charge is 2.10. The number of guanidine groups is 1. The SMILES string of the molecule is CCNC(=NCc1cc(C)ccc1OC(F)F)NCCCCCC(=O)OC. The van der Waals surface area contributed by atoms with Crippen molar-refractivity contribution in [2.24, 2.45) is 4.99 Å². The zero-order valence-electron chi connectivity index (χ0n) is 16.2. The molecule has 1 aromatic carbocycles. The number of methoxy groups -OCH3 is 1. The summed E-state index contributed by atoms with van der Waals surface area (Å²) in [6, 6.07) is 5.05. The molecule has 0 fully saturated rings. The molecule has 0 aliphatic carbocycles. The monoisotopic (exact) mass is 385 g/mol. The molecular weight excluding hydrogens is 356 g/mol. The molecule has 1 aromatic rings. The fourth-order valence-corrected chi connectivity index (χ4v) is 2.43. The summed E-state index contributed by atoms with van der Waals surface area (Å²) in [6.45, 7) is 2.57. The second-order valence-electron chi connectivity index (χ2n) is 6.00. The Bertz CT molecular complexity index is 610. The van der Waals surface area contributed by atoms with E-state index in [9.17, 15) is 13.6 Å². The van der Waals surface area contributed by atoms with E-state index in [-0.39, 0.29) is 18.3 Å². The average Bonchev–Trinajstić information content (AvgIpc) is 2.63. The molecule has 0 saturated carbocycles. The van der Waals surface area contributed by atoms with Crippen molar-refractivity contribution in [3.05, 3.63) is 29.3 Å². The molecule has 8 heteroatoms. The van der Waals surface area contributed by atoms with Crippen molar-refractivity contribution in [2.75, 3.05) is 20.2 Å². The number of carbonyl (C=O) groups is 1. The molecule has 0 bridgehead atoms. The van der Waals surface area contributed by atoms with Crippen LogP contribution >= 0.6 is 0 Å². The number of aliphatic imine (C=N–C) groups is 1. The highest BCUT2D eigenvalue weighted by molar-refractivity contribution is 5.79. The Balaban J connectivity index is 2.56. The Morgan fingerprint density at radius 3 is 2.67 bits per heavy atom. The van der Waals surface area contributed by atoms with Gasteiger partial charge in [-0.2, -0.15) is 8.78 Å². The largest absolute Gasteiger partial charge is 0.469 e. The number of esters is 1. The first-order chi connectivity index (χ1) is 13.0. The van der Waals surface area contributed by atoms with E-state index in [1.165, 1.54) is 13.2 Å². The van der Waals surface area contributed by atoms with Gasteiger partial charge in [-0.05, 0) is 32.8 Å². The predicted molar refractivity (Wildman–Crippen MR) is 101 cm³/mol. The number of unbranched alkanes of at least 4 members (excludes halogenated alkanes) is 2. The van der Waals surface area contributed by atoms with Gasteiger partial charge in [0.2, 0.25) is 0 Å². The van der Waals surface area contributed by atoms with Crippen LogP contribution in [0.25, 0.3) is 0 Å². The maximum Gasteiger partial charge on any atom is 0.387 e. The van der Waals surface area contributed by atoms with Gasteiger partial charge in [0.25, 0.3) is 0 Å². The molecule has 6 nitrogen and oxygen atoms in total. The molecule has 2 N–H and O–H groups in total. The summed E-state index contributed by atoms with van der Waals surface area (Å²) in [7, 11) is 1.38. The van der Waals surface area contributed by atoms with E-state index in [1.54, 1.807) is 12.1 Å². The minimum atomic E-state index is -2.87. The molecule has 0 aromatic heterocycles. The first-order valence-electron chi connectivity index (χ1n) is 9.09. The molecule has 0 unspecified atom stereocenters. The summed E-state index contributed by atoms with van der Waals surface area (Å²) in [5.74, 6) is 0.547. The number of rotatable bonds is 11. The molecule has 152 valence electrons. The highest BCUT2D eigenvalue weighted by atomic mass is 19.3. The third-order valence-corrected chi connectivity index (χ3v) is 3.76. The van der Waals surface area contributed by atoms with Gasteiger partial charge in [0.15, 0.2) is 5.96 Å². The quantitative estimate of drug-likeness (QED) is 0.264. The van der Waals surface area contributed by atoms with Crippen molar-refractivity contribution >= 4 is 11.9 Å². The Hall–Kier alpha value is -2.38. The van der Waals surface area contributed by atoms with Crippen LogP contribution in [0.15, 0.2) is 23.2 Å². The van der Waals surface area contributed by atoms with Crippen LogP contribution in [0, 0.1) is 6.92 Å². The summed E-state index contributed by atoms with van der Waals surface area (Å²) in [4.78, 5) is 15.5. The van der Waals surface area contributed by atoms with Gasteiger partial charge < -0.3 is 20.1 Å². The Kier molecular flexibility index (Phi) is 10.8. The maximum absolute atomic E-state index is 12.5. The molecular formula is C19H29F2N3O3. The number of nitrogens with one attached hydrogen (secondary N) is 2. The third-order valence-electron chi connectivity index (χ3n) is 3.76. The van der Waals surface area contributed by atoms with Crippen molar-refractivity contribution in [1.82, 2.24) is 10.6 Å². The van der Waals surface area contributed by atoms with Crippen LogP contribution in [-0.4, -0.2) is 38.7 Å². The number of hydrogen-bond donors (Lipinski definition) is 2. The van der Waals surface area contributed by atoms with E-state index in [0.717, 1.165) is 24.8 Å². The third kappa shape index (κ3) is 9.77. The second-order valence-corrected chi connectivity index (χ2v) is 6.00. The lowest BCUT2D eigenvalue weighted by Gasteiger charge is -2.13. The smallest absolute Gasteiger partial charge is 0.387 e. The number of aryl methyl sites for hydroxylation is 1. The standard InChI is InChI=1S/C19H29F2N3O3/c1-4-22-19(23-11-7-5-6-8-17(25)26-3)24-13-15-12-14(2)9-10-16(15)27-18(20)21/h9-10,12,18H,4-8,11,13H2,1-3H3,(H2,22,23,24). The summed E-state index contributed by atoms with van der Waals surface area (Å²) in [5, 5.41) is 6.32. The number of benzene rings is 1. The molecule has 0 saturated heterocycles. The summed E-state index contributed by atoms with van der Waals surface area (Å²) < 4.78 is 34.3. The van der Waals surface area contributed by atoms with E-state index >= 15 is 0 Å². The number of ether oxygens (including phenoxy) is 2. The van der Waals surface area contributed by atoms with Crippen LogP contribution in [0.3, 0.4) is 0 Å². The lowest BCUT2D eigenvalue weighted by Crippen LogP contribution is -2.37. The first kappa shape index (κ1) is 22.7. The number of nitrogens with zero attached hydrogens (tertiary/aromatic N) is 1. The molecule has 27 heavy (non-hydrogen) atoms. The summed E-state index contributed by atoms with van der Waals surface area (Å²) in [5.41, 5.74) is 1.55. The van der Waals surface area contributed by atoms with Gasteiger partial charge in [-0.15, -0.1) is 0 Å². The van der Waals surface area contributed by atoms with Crippen LogP contribution in [0.2, 0.25) is 0 Å². The first-order valence-corrected chi connectivity index (χ1v) is 9.09. The van der Waals surface area contributed by atoms with E-state index in [2.05, 4.69) is 25.1 Å². The Morgan fingerprint density at radius 1 is 1.22 bits per heavy atom. The lowest BCUT2D eigenvalue weighted by atomic mass is 10.1. The fourth-order valence-electron chi connectivity index (χ4n) is 2.43. The van der Waals surface area contributed by atoms with Crippen LogP contribution in [0.5, 0.6) is 5.75 Å². The normalized spacial score (nSPS) is 11.4. The minimum absolute atomic E-state index is 0.137. The Labute approximate surface area is 159 Å². The summed E-state index contributed by atoms with van der Waals surface area (Å²) >= 11 is 0. The molecule has 0 heterocycles. The minimum Gasteiger partial charge on any atom is -0.469 e. The van der Waals surface area contributed by atoms with Crippen molar-refractivity contribution in [3.63, 3.8) is 0 Å². The fraction of sp³-hybridized carbons (Fsp3) is 0.579. The van der Waals surface area contributed by atoms with Crippen molar-refractivity contribution in [3.8, 4) is 5.75 Å². The molecule has 0 amide bonds. The van der Waals surface area contributed by atoms with Crippen molar-refractivity contribution in [1.29, 1.82) is 0 Å². The van der Waals surface area contributed by atoms with Gasteiger partial charge >= 0.3 is 12.6 Å². The van der Waals surface area contributed by atoms with Gasteiger partial charge in [0.1, 0.15) is 5.75 Å². The van der Waals surface area contributed by atoms with E-state index in [1.807, 2.05) is 13.8 Å². The van der Waals surface area contributed by atoms with Gasteiger partial charge in [-0.25, -0.2) is 4.99 Å². The van der Waals surface area contributed by atoms with E-state index in [4.69, 9.17) is 0 Å². The topological polar surface area (TPSA) is 72.0 Å². The maximum atomic E-state index is 12.5. The van der Waals surface area contributed by atoms with Gasteiger partial charge in [0, 0.05) is 25.1 Å². The van der Waals surface area contributed by atoms with E-state index < -0.39 is 6.61 Å². The molecule has 0 atom stereocenters. The van der Waals surface area contributed by atoms with Crippen LogP contribution in [0.4, 0.5) is 8.78 Å². The molecule has 1 rings (SSSR count). The van der Waals surface area contributed by atoms with Gasteiger partial charge in [0.05, 0.1) is 13.7 Å². The average molecular weight is 385 g/mol. The van der Waals surface area contributed by atoms with Crippen LogP contribution in [-0.2, 0) is 16.1 Å². The number of hydrogen-bond acceptors (Lipinski definition) is 4. The molecule has 0 aliphatic heterocycles. The van der Waals surface area contributed by atoms with Crippen molar-refractivity contribution in [2.45, 2.75) is 52.7 Å².